The van der Waals surface area contributed by atoms with Gasteiger partial charge in [-0.2, -0.15) is 0 Å². The van der Waals surface area contributed by atoms with Gasteiger partial charge in [-0.1, -0.05) is 23.7 Å². The third kappa shape index (κ3) is 4.22. The Balaban J connectivity index is 1.66. The maximum Gasteiger partial charge on any atom is 0.230 e. The standard InChI is InChI=1S/C12H14ClNO2S/c13-10-3-1-2-9(4-10)7-17-8-12(15)14-11-5-16-6-11/h1-4,11H,5-8H2,(H,14,15). The third-order valence-corrected chi connectivity index (χ3v) is 3.63. The van der Waals surface area contributed by atoms with Gasteiger partial charge < -0.3 is 10.1 Å². The highest BCUT2D eigenvalue weighted by Gasteiger charge is 2.19. The van der Waals surface area contributed by atoms with E-state index in [4.69, 9.17) is 16.3 Å². The number of carbonyl (C=O) groups is 1. The quantitative estimate of drug-likeness (QED) is 0.891. The summed E-state index contributed by atoms with van der Waals surface area (Å²) < 4.78 is 4.99. The van der Waals surface area contributed by atoms with Crippen molar-refractivity contribution in [3.63, 3.8) is 0 Å². The van der Waals surface area contributed by atoms with Crippen LogP contribution in [0.2, 0.25) is 5.02 Å². The van der Waals surface area contributed by atoms with Gasteiger partial charge in [-0.25, -0.2) is 0 Å². The Hall–Kier alpha value is -0.710. The number of halogens is 1. The molecule has 5 heteroatoms. The van der Waals surface area contributed by atoms with Crippen LogP contribution in [0.25, 0.3) is 0 Å². The van der Waals surface area contributed by atoms with Crippen LogP contribution in [-0.4, -0.2) is 30.9 Å². The van der Waals surface area contributed by atoms with Gasteiger partial charge in [-0.3, -0.25) is 4.79 Å². The molecule has 1 fully saturated rings. The van der Waals surface area contributed by atoms with Crippen molar-refractivity contribution in [3.05, 3.63) is 34.9 Å². The number of benzene rings is 1. The number of nitrogens with one attached hydrogen (secondary N) is 1. The second-order valence-corrected chi connectivity index (χ2v) is 5.35. The van der Waals surface area contributed by atoms with E-state index >= 15 is 0 Å². The SMILES string of the molecule is O=C(CSCc1cccc(Cl)c1)NC1COC1. The van der Waals surface area contributed by atoms with Gasteiger partial charge in [-0.05, 0) is 17.7 Å². The lowest BCUT2D eigenvalue weighted by atomic mass is 10.2. The first-order chi connectivity index (χ1) is 8.24. The molecule has 0 unspecified atom stereocenters. The Morgan fingerprint density at radius 3 is 3.00 bits per heavy atom. The number of hydrogen-bond donors (Lipinski definition) is 1. The second-order valence-electron chi connectivity index (χ2n) is 3.92. The summed E-state index contributed by atoms with van der Waals surface area (Å²) in [6.45, 7) is 1.29. The summed E-state index contributed by atoms with van der Waals surface area (Å²) in [5, 5.41) is 3.64. The molecule has 1 aromatic rings. The van der Waals surface area contributed by atoms with E-state index in [1.165, 1.54) is 0 Å². The molecule has 0 bridgehead atoms. The monoisotopic (exact) mass is 271 g/mol. The number of ether oxygens (including phenoxy) is 1. The van der Waals surface area contributed by atoms with Crippen molar-refractivity contribution >= 4 is 29.3 Å². The lowest BCUT2D eigenvalue weighted by molar-refractivity contribution is -0.122. The van der Waals surface area contributed by atoms with E-state index in [0.717, 1.165) is 16.3 Å². The lowest BCUT2D eigenvalue weighted by Crippen LogP contribution is -2.49. The predicted molar refractivity (Wildman–Crippen MR) is 70.4 cm³/mol. The highest BCUT2D eigenvalue weighted by Crippen LogP contribution is 2.16. The molecule has 1 aliphatic heterocycles. The predicted octanol–water partition coefficient (Wildman–Crippen LogP) is 2.09. The van der Waals surface area contributed by atoms with Crippen molar-refractivity contribution < 1.29 is 9.53 Å². The summed E-state index contributed by atoms with van der Waals surface area (Å²) in [6, 6.07) is 7.92. The van der Waals surface area contributed by atoms with Crippen LogP contribution in [0.3, 0.4) is 0 Å². The molecule has 0 spiro atoms. The molecule has 0 aromatic heterocycles. The summed E-state index contributed by atoms with van der Waals surface area (Å²) >= 11 is 7.47. The minimum absolute atomic E-state index is 0.0744. The zero-order valence-electron chi connectivity index (χ0n) is 9.32. The molecule has 2 rings (SSSR count). The molecule has 92 valence electrons. The molecule has 17 heavy (non-hydrogen) atoms. The Morgan fingerprint density at radius 1 is 1.53 bits per heavy atom. The Bertz CT molecular complexity index is 396. The molecular formula is C12H14ClNO2S. The molecule has 1 aromatic carbocycles. The lowest BCUT2D eigenvalue weighted by Gasteiger charge is -2.26. The summed E-state index contributed by atoms with van der Waals surface area (Å²) in [5.74, 6) is 1.35. The van der Waals surface area contributed by atoms with Crippen LogP contribution < -0.4 is 5.32 Å². The maximum absolute atomic E-state index is 11.5. The maximum atomic E-state index is 11.5. The summed E-state index contributed by atoms with van der Waals surface area (Å²) in [5.41, 5.74) is 1.14. The molecule has 1 aliphatic rings. The number of thioether (sulfide) groups is 1. The summed E-state index contributed by atoms with van der Waals surface area (Å²) in [7, 11) is 0. The molecule has 0 saturated carbocycles. The van der Waals surface area contributed by atoms with E-state index in [1.54, 1.807) is 11.8 Å². The molecule has 0 atom stereocenters. The Kier molecular flexibility index (Phi) is 4.71. The first-order valence-corrected chi connectivity index (χ1v) is 6.96. The fourth-order valence-corrected chi connectivity index (χ4v) is 2.48. The van der Waals surface area contributed by atoms with E-state index in [0.29, 0.717) is 19.0 Å². The van der Waals surface area contributed by atoms with Crippen molar-refractivity contribution in [1.82, 2.24) is 5.32 Å². The second kappa shape index (κ2) is 6.28. The van der Waals surface area contributed by atoms with Crippen molar-refractivity contribution in [1.29, 1.82) is 0 Å². The van der Waals surface area contributed by atoms with Gasteiger partial charge in [0.2, 0.25) is 5.91 Å². The van der Waals surface area contributed by atoms with Crippen molar-refractivity contribution in [2.75, 3.05) is 19.0 Å². The largest absolute Gasteiger partial charge is 0.377 e. The number of carbonyl (C=O) groups excluding carboxylic acids is 1. The molecule has 1 heterocycles. The Labute approximate surface area is 110 Å². The summed E-state index contributed by atoms with van der Waals surface area (Å²) in [4.78, 5) is 11.5. The van der Waals surface area contributed by atoms with E-state index in [1.807, 2.05) is 24.3 Å². The van der Waals surface area contributed by atoms with E-state index in [-0.39, 0.29) is 11.9 Å². The molecular weight excluding hydrogens is 258 g/mol. The van der Waals surface area contributed by atoms with E-state index < -0.39 is 0 Å². The molecule has 1 amide bonds. The molecule has 3 nitrogen and oxygen atoms in total. The molecule has 0 aliphatic carbocycles. The summed E-state index contributed by atoms with van der Waals surface area (Å²) in [6.07, 6.45) is 0. The van der Waals surface area contributed by atoms with Gasteiger partial charge in [0.25, 0.3) is 0 Å². The van der Waals surface area contributed by atoms with Crippen LogP contribution in [0, 0.1) is 0 Å². The van der Waals surface area contributed by atoms with Gasteiger partial charge >= 0.3 is 0 Å². The normalized spacial score (nSPS) is 15.4. The van der Waals surface area contributed by atoms with Crippen LogP contribution in [0.4, 0.5) is 0 Å². The van der Waals surface area contributed by atoms with Gasteiger partial charge in [0, 0.05) is 10.8 Å². The zero-order chi connectivity index (χ0) is 12.1. The van der Waals surface area contributed by atoms with Gasteiger partial charge in [0.1, 0.15) is 0 Å². The van der Waals surface area contributed by atoms with Crippen molar-refractivity contribution in [3.8, 4) is 0 Å². The first kappa shape index (κ1) is 12.7. The first-order valence-electron chi connectivity index (χ1n) is 5.43. The zero-order valence-corrected chi connectivity index (χ0v) is 10.9. The van der Waals surface area contributed by atoms with Crippen LogP contribution in [0.15, 0.2) is 24.3 Å². The van der Waals surface area contributed by atoms with E-state index in [9.17, 15) is 4.79 Å². The Morgan fingerprint density at radius 2 is 2.35 bits per heavy atom. The van der Waals surface area contributed by atoms with Crippen molar-refractivity contribution in [2.24, 2.45) is 0 Å². The fraction of sp³-hybridized carbons (Fsp3) is 0.417. The minimum Gasteiger partial charge on any atom is -0.377 e. The molecule has 1 N–H and O–H groups in total. The number of amides is 1. The number of hydrogen-bond acceptors (Lipinski definition) is 3. The van der Waals surface area contributed by atoms with Crippen molar-refractivity contribution in [2.45, 2.75) is 11.8 Å². The fourth-order valence-electron chi connectivity index (χ4n) is 1.48. The van der Waals surface area contributed by atoms with Gasteiger partial charge in [0.15, 0.2) is 0 Å². The van der Waals surface area contributed by atoms with E-state index in [2.05, 4.69) is 5.32 Å². The van der Waals surface area contributed by atoms with Crippen LogP contribution >= 0.6 is 23.4 Å². The molecule has 0 radical (unpaired) electrons. The van der Waals surface area contributed by atoms with Gasteiger partial charge in [0.05, 0.1) is 25.0 Å². The smallest absolute Gasteiger partial charge is 0.230 e. The highest BCUT2D eigenvalue weighted by atomic mass is 35.5. The van der Waals surface area contributed by atoms with Crippen LogP contribution in [-0.2, 0) is 15.3 Å². The average Bonchev–Trinajstić information content (AvgIpc) is 2.24. The van der Waals surface area contributed by atoms with Gasteiger partial charge in [-0.15, -0.1) is 11.8 Å². The minimum atomic E-state index is 0.0744. The topological polar surface area (TPSA) is 38.3 Å². The van der Waals surface area contributed by atoms with Crippen LogP contribution in [0.5, 0.6) is 0 Å². The third-order valence-electron chi connectivity index (χ3n) is 2.39. The van der Waals surface area contributed by atoms with Crippen LogP contribution in [0.1, 0.15) is 5.56 Å². The average molecular weight is 272 g/mol. The highest BCUT2D eigenvalue weighted by molar-refractivity contribution is 7.99. The molecule has 1 saturated heterocycles. The number of rotatable bonds is 5.